The van der Waals surface area contributed by atoms with E-state index < -0.39 is 0 Å². The molecular formula is C14H30N2. The smallest absolute Gasteiger partial charge is 0.0220 e. The summed E-state index contributed by atoms with van der Waals surface area (Å²) >= 11 is 0. The Labute approximate surface area is 102 Å². The largest absolute Gasteiger partial charge is 0.313 e. The molecule has 96 valence electrons. The minimum atomic E-state index is 0.601. The summed E-state index contributed by atoms with van der Waals surface area (Å²) in [5.41, 5.74) is 0. The van der Waals surface area contributed by atoms with Crippen LogP contribution in [0.4, 0.5) is 0 Å². The highest BCUT2D eigenvalue weighted by Gasteiger charge is 2.28. The number of nitrogens with one attached hydrogen (secondary N) is 1. The van der Waals surface area contributed by atoms with Gasteiger partial charge in [0.05, 0.1) is 0 Å². The van der Waals surface area contributed by atoms with Gasteiger partial charge >= 0.3 is 0 Å². The fourth-order valence-electron chi connectivity index (χ4n) is 2.25. The summed E-state index contributed by atoms with van der Waals surface area (Å²) in [5, 5.41) is 3.58. The monoisotopic (exact) mass is 226 g/mol. The summed E-state index contributed by atoms with van der Waals surface area (Å²) < 4.78 is 0. The third-order valence-electron chi connectivity index (χ3n) is 3.53. The van der Waals surface area contributed by atoms with Crippen molar-refractivity contribution in [2.75, 3.05) is 13.1 Å². The van der Waals surface area contributed by atoms with E-state index in [0.29, 0.717) is 18.1 Å². The van der Waals surface area contributed by atoms with E-state index in [9.17, 15) is 0 Å². The van der Waals surface area contributed by atoms with Crippen molar-refractivity contribution in [3.05, 3.63) is 0 Å². The first-order valence-corrected chi connectivity index (χ1v) is 7.03. The zero-order valence-electron chi connectivity index (χ0n) is 11.8. The SMILES string of the molecule is CCC(CNC(C)C)N(CC1CC1)C(C)C. The van der Waals surface area contributed by atoms with Crippen LogP contribution < -0.4 is 5.32 Å². The number of hydrogen-bond acceptors (Lipinski definition) is 2. The first-order chi connectivity index (χ1) is 7.54. The average molecular weight is 226 g/mol. The Kier molecular flexibility index (Phi) is 5.77. The van der Waals surface area contributed by atoms with Gasteiger partial charge in [0.15, 0.2) is 0 Å². The maximum atomic E-state index is 3.58. The molecule has 0 radical (unpaired) electrons. The molecular weight excluding hydrogens is 196 g/mol. The summed E-state index contributed by atoms with van der Waals surface area (Å²) in [6.45, 7) is 13.9. The maximum absolute atomic E-state index is 3.58. The second-order valence-corrected chi connectivity index (χ2v) is 5.86. The quantitative estimate of drug-likeness (QED) is 0.684. The minimum Gasteiger partial charge on any atom is -0.313 e. The van der Waals surface area contributed by atoms with Crippen LogP contribution in [0.15, 0.2) is 0 Å². The van der Waals surface area contributed by atoms with Gasteiger partial charge in [-0.15, -0.1) is 0 Å². The second-order valence-electron chi connectivity index (χ2n) is 5.86. The van der Waals surface area contributed by atoms with Gasteiger partial charge in [0.2, 0.25) is 0 Å². The van der Waals surface area contributed by atoms with Crippen LogP contribution in [0, 0.1) is 5.92 Å². The molecule has 0 heterocycles. The molecule has 1 saturated carbocycles. The lowest BCUT2D eigenvalue weighted by Gasteiger charge is -2.35. The van der Waals surface area contributed by atoms with Crippen LogP contribution in [0.1, 0.15) is 53.9 Å². The van der Waals surface area contributed by atoms with Crippen LogP contribution in [-0.2, 0) is 0 Å². The lowest BCUT2D eigenvalue weighted by Crippen LogP contribution is -2.47. The first-order valence-electron chi connectivity index (χ1n) is 7.03. The Hall–Kier alpha value is -0.0800. The average Bonchev–Trinajstić information content (AvgIpc) is 3.00. The zero-order valence-corrected chi connectivity index (χ0v) is 11.8. The fourth-order valence-corrected chi connectivity index (χ4v) is 2.25. The molecule has 1 unspecified atom stereocenters. The van der Waals surface area contributed by atoms with Crippen LogP contribution in [0.5, 0.6) is 0 Å². The lowest BCUT2D eigenvalue weighted by atomic mass is 10.1. The molecule has 2 heteroatoms. The van der Waals surface area contributed by atoms with Crippen molar-refractivity contribution in [2.24, 2.45) is 5.92 Å². The highest BCUT2D eigenvalue weighted by atomic mass is 15.2. The molecule has 1 rings (SSSR count). The van der Waals surface area contributed by atoms with Crippen molar-refractivity contribution in [2.45, 2.75) is 72.0 Å². The van der Waals surface area contributed by atoms with Gasteiger partial charge in [-0.1, -0.05) is 20.8 Å². The van der Waals surface area contributed by atoms with E-state index in [1.54, 1.807) is 0 Å². The van der Waals surface area contributed by atoms with Crippen molar-refractivity contribution in [3.63, 3.8) is 0 Å². The fraction of sp³-hybridized carbons (Fsp3) is 1.00. The Morgan fingerprint density at radius 3 is 2.19 bits per heavy atom. The zero-order chi connectivity index (χ0) is 12.1. The number of rotatable bonds is 8. The predicted molar refractivity (Wildman–Crippen MR) is 71.8 cm³/mol. The molecule has 0 aliphatic heterocycles. The topological polar surface area (TPSA) is 15.3 Å². The molecule has 0 amide bonds. The Morgan fingerprint density at radius 1 is 1.19 bits per heavy atom. The molecule has 1 N–H and O–H groups in total. The summed E-state index contributed by atoms with van der Waals surface area (Å²) in [6, 6.07) is 1.99. The van der Waals surface area contributed by atoms with Crippen molar-refractivity contribution in [1.82, 2.24) is 10.2 Å². The molecule has 1 aliphatic rings. The van der Waals surface area contributed by atoms with E-state index in [0.717, 1.165) is 12.5 Å². The van der Waals surface area contributed by atoms with Gasteiger partial charge in [0.1, 0.15) is 0 Å². The Bertz CT molecular complexity index is 185. The van der Waals surface area contributed by atoms with Crippen LogP contribution >= 0.6 is 0 Å². The maximum Gasteiger partial charge on any atom is 0.0220 e. The minimum absolute atomic E-state index is 0.601. The molecule has 0 spiro atoms. The second kappa shape index (κ2) is 6.61. The molecule has 2 nitrogen and oxygen atoms in total. The van der Waals surface area contributed by atoms with Crippen molar-refractivity contribution in [1.29, 1.82) is 0 Å². The molecule has 0 bridgehead atoms. The number of hydrogen-bond donors (Lipinski definition) is 1. The van der Waals surface area contributed by atoms with Crippen LogP contribution in [0.3, 0.4) is 0 Å². The van der Waals surface area contributed by atoms with Gasteiger partial charge < -0.3 is 5.32 Å². The molecule has 0 aromatic heterocycles. The number of nitrogens with zero attached hydrogens (tertiary/aromatic N) is 1. The van der Waals surface area contributed by atoms with E-state index in [1.165, 1.54) is 25.8 Å². The molecule has 1 aliphatic carbocycles. The van der Waals surface area contributed by atoms with Crippen molar-refractivity contribution >= 4 is 0 Å². The third-order valence-corrected chi connectivity index (χ3v) is 3.53. The van der Waals surface area contributed by atoms with Crippen molar-refractivity contribution in [3.8, 4) is 0 Å². The standard InChI is InChI=1S/C14H30N2/c1-6-14(9-15-11(2)3)16(12(4)5)10-13-7-8-13/h11-15H,6-10H2,1-5H3. The van der Waals surface area contributed by atoms with Crippen LogP contribution in [-0.4, -0.2) is 36.1 Å². The summed E-state index contributed by atoms with van der Waals surface area (Å²) in [6.07, 6.45) is 4.17. The van der Waals surface area contributed by atoms with Crippen LogP contribution in [0.2, 0.25) is 0 Å². The summed E-state index contributed by atoms with van der Waals surface area (Å²) in [5.74, 6) is 0.996. The van der Waals surface area contributed by atoms with Gasteiger partial charge in [0, 0.05) is 31.2 Å². The Morgan fingerprint density at radius 2 is 1.81 bits per heavy atom. The molecule has 1 fully saturated rings. The van der Waals surface area contributed by atoms with Crippen molar-refractivity contribution < 1.29 is 0 Å². The van der Waals surface area contributed by atoms with Gasteiger partial charge in [-0.3, -0.25) is 4.90 Å². The van der Waals surface area contributed by atoms with E-state index in [4.69, 9.17) is 0 Å². The van der Waals surface area contributed by atoms with Gasteiger partial charge in [0.25, 0.3) is 0 Å². The molecule has 0 aromatic rings. The van der Waals surface area contributed by atoms with E-state index in [-0.39, 0.29) is 0 Å². The van der Waals surface area contributed by atoms with E-state index in [1.807, 2.05) is 0 Å². The van der Waals surface area contributed by atoms with Crippen LogP contribution in [0.25, 0.3) is 0 Å². The Balaban J connectivity index is 2.43. The van der Waals surface area contributed by atoms with E-state index >= 15 is 0 Å². The van der Waals surface area contributed by atoms with Gasteiger partial charge in [-0.2, -0.15) is 0 Å². The highest BCUT2D eigenvalue weighted by molar-refractivity contribution is 4.83. The summed E-state index contributed by atoms with van der Waals surface area (Å²) in [7, 11) is 0. The predicted octanol–water partition coefficient (Wildman–Crippen LogP) is 2.88. The molecule has 1 atom stereocenters. The molecule has 0 aromatic carbocycles. The van der Waals surface area contributed by atoms with E-state index in [2.05, 4.69) is 44.8 Å². The molecule has 0 saturated heterocycles. The van der Waals surface area contributed by atoms with Gasteiger partial charge in [-0.05, 0) is 39.0 Å². The van der Waals surface area contributed by atoms with Gasteiger partial charge in [-0.25, -0.2) is 0 Å². The lowest BCUT2D eigenvalue weighted by molar-refractivity contribution is 0.137. The normalized spacial score (nSPS) is 18.8. The highest BCUT2D eigenvalue weighted by Crippen LogP contribution is 2.31. The summed E-state index contributed by atoms with van der Waals surface area (Å²) in [4.78, 5) is 2.70. The third kappa shape index (κ3) is 4.84. The molecule has 16 heavy (non-hydrogen) atoms. The first kappa shape index (κ1) is 14.0.